The SMILES string of the molecule is CC(C)(C(=O)Nc1cccc2c(S(=O)(=O)O)cccc12)N1C(C)(C)C1(C)C. The molecular weight excluding hydrogens is 364 g/mol. The fourth-order valence-electron chi connectivity index (χ4n) is 4.31. The van der Waals surface area contributed by atoms with E-state index in [1.807, 2.05) is 13.8 Å². The van der Waals surface area contributed by atoms with Gasteiger partial charge >= 0.3 is 0 Å². The maximum atomic E-state index is 13.1. The first kappa shape index (κ1) is 19.8. The van der Waals surface area contributed by atoms with Crippen LogP contribution in [0.5, 0.6) is 0 Å². The van der Waals surface area contributed by atoms with Gasteiger partial charge in [-0.2, -0.15) is 8.42 Å². The molecule has 6 nitrogen and oxygen atoms in total. The Morgan fingerprint density at radius 2 is 1.52 bits per heavy atom. The summed E-state index contributed by atoms with van der Waals surface area (Å²) in [6, 6.07) is 9.60. The van der Waals surface area contributed by atoms with Gasteiger partial charge in [0.1, 0.15) is 4.90 Å². The largest absolute Gasteiger partial charge is 0.324 e. The molecule has 0 saturated carbocycles. The van der Waals surface area contributed by atoms with Crippen molar-refractivity contribution in [3.8, 4) is 0 Å². The molecule has 0 aliphatic carbocycles. The molecule has 1 heterocycles. The summed E-state index contributed by atoms with van der Waals surface area (Å²) in [5.41, 5.74) is -0.459. The number of rotatable bonds is 4. The van der Waals surface area contributed by atoms with Crippen molar-refractivity contribution in [1.82, 2.24) is 4.90 Å². The second-order valence-electron chi connectivity index (χ2n) is 8.60. The monoisotopic (exact) mass is 390 g/mol. The number of carbonyl (C=O) groups excluding carboxylic acids is 1. The zero-order valence-corrected chi connectivity index (χ0v) is 17.3. The molecule has 0 radical (unpaired) electrons. The van der Waals surface area contributed by atoms with Crippen LogP contribution in [0, 0.1) is 0 Å². The van der Waals surface area contributed by atoms with E-state index < -0.39 is 15.7 Å². The van der Waals surface area contributed by atoms with Gasteiger partial charge in [-0.25, -0.2) is 0 Å². The van der Waals surface area contributed by atoms with E-state index in [1.165, 1.54) is 6.07 Å². The van der Waals surface area contributed by atoms with Gasteiger partial charge in [-0.05, 0) is 53.7 Å². The molecule has 0 unspecified atom stereocenters. The second-order valence-corrected chi connectivity index (χ2v) is 9.99. The number of benzene rings is 2. The molecule has 27 heavy (non-hydrogen) atoms. The molecule has 146 valence electrons. The number of hydrogen-bond donors (Lipinski definition) is 2. The maximum absolute atomic E-state index is 13.1. The summed E-state index contributed by atoms with van der Waals surface area (Å²) in [5.74, 6) is -0.175. The van der Waals surface area contributed by atoms with Gasteiger partial charge < -0.3 is 5.32 Å². The third-order valence-corrected chi connectivity index (χ3v) is 7.00. The van der Waals surface area contributed by atoms with Crippen molar-refractivity contribution in [2.24, 2.45) is 0 Å². The predicted octanol–water partition coefficient (Wildman–Crippen LogP) is 3.68. The van der Waals surface area contributed by atoms with Crippen LogP contribution in [-0.4, -0.2) is 40.4 Å². The lowest BCUT2D eigenvalue weighted by Crippen LogP contribution is -2.47. The molecule has 2 N–H and O–H groups in total. The Hall–Kier alpha value is -1.96. The highest BCUT2D eigenvalue weighted by molar-refractivity contribution is 7.86. The first-order valence-corrected chi connectivity index (χ1v) is 10.3. The molecule has 7 heteroatoms. The molecule has 1 fully saturated rings. The van der Waals surface area contributed by atoms with Crippen molar-refractivity contribution in [3.05, 3.63) is 36.4 Å². The summed E-state index contributed by atoms with van der Waals surface area (Å²) in [5, 5.41) is 3.86. The van der Waals surface area contributed by atoms with E-state index in [9.17, 15) is 17.8 Å². The molecule has 1 saturated heterocycles. The summed E-state index contributed by atoms with van der Waals surface area (Å²) in [7, 11) is -4.36. The lowest BCUT2D eigenvalue weighted by molar-refractivity contribution is -0.124. The van der Waals surface area contributed by atoms with Crippen LogP contribution in [0.2, 0.25) is 0 Å². The maximum Gasteiger partial charge on any atom is 0.295 e. The van der Waals surface area contributed by atoms with Crippen molar-refractivity contribution in [2.45, 2.75) is 63.1 Å². The van der Waals surface area contributed by atoms with E-state index in [0.29, 0.717) is 16.5 Å². The van der Waals surface area contributed by atoms with Crippen molar-refractivity contribution in [1.29, 1.82) is 0 Å². The van der Waals surface area contributed by atoms with Crippen LogP contribution >= 0.6 is 0 Å². The normalized spacial score (nSPS) is 19.1. The van der Waals surface area contributed by atoms with Crippen molar-refractivity contribution in [3.63, 3.8) is 0 Å². The van der Waals surface area contributed by atoms with E-state index >= 15 is 0 Å². The molecule has 2 aromatic carbocycles. The predicted molar refractivity (Wildman–Crippen MR) is 106 cm³/mol. The fraction of sp³-hybridized carbons (Fsp3) is 0.450. The van der Waals surface area contributed by atoms with Crippen LogP contribution in [0.4, 0.5) is 5.69 Å². The van der Waals surface area contributed by atoms with Gasteiger partial charge in [-0.15, -0.1) is 0 Å². The highest BCUT2D eigenvalue weighted by Crippen LogP contribution is 2.55. The van der Waals surface area contributed by atoms with Gasteiger partial charge in [0.15, 0.2) is 0 Å². The van der Waals surface area contributed by atoms with Gasteiger partial charge in [0.05, 0.1) is 5.54 Å². The standard InChI is InChI=1S/C20H26N2O4S/c1-18(2,22-19(3,4)20(22,5)6)17(23)21-15-11-7-10-14-13(15)9-8-12-16(14)27(24,25)26/h7-12H,1-6H3,(H,21,23)(H,24,25,26). The smallest absolute Gasteiger partial charge is 0.295 e. The van der Waals surface area contributed by atoms with E-state index in [-0.39, 0.29) is 21.9 Å². The van der Waals surface area contributed by atoms with Crippen LogP contribution in [0.1, 0.15) is 41.5 Å². The van der Waals surface area contributed by atoms with E-state index in [1.54, 1.807) is 30.3 Å². The molecule has 1 aliphatic heterocycles. The number of nitrogens with one attached hydrogen (secondary N) is 1. The van der Waals surface area contributed by atoms with E-state index in [4.69, 9.17) is 0 Å². The Labute approximate surface area is 160 Å². The van der Waals surface area contributed by atoms with Crippen LogP contribution < -0.4 is 5.32 Å². The summed E-state index contributed by atoms with van der Waals surface area (Å²) >= 11 is 0. The van der Waals surface area contributed by atoms with Crippen LogP contribution in [0.15, 0.2) is 41.3 Å². The average molecular weight is 391 g/mol. The summed E-state index contributed by atoms with van der Waals surface area (Å²) in [4.78, 5) is 15.1. The number of carbonyl (C=O) groups is 1. The molecule has 1 aliphatic rings. The van der Waals surface area contributed by atoms with Gasteiger partial charge in [0.25, 0.3) is 10.1 Å². The Bertz CT molecular complexity index is 1030. The highest BCUT2D eigenvalue weighted by atomic mass is 32.2. The minimum Gasteiger partial charge on any atom is -0.324 e. The van der Waals surface area contributed by atoms with E-state index in [0.717, 1.165) is 0 Å². The van der Waals surface area contributed by atoms with Gasteiger partial charge in [-0.3, -0.25) is 14.2 Å². The average Bonchev–Trinajstić information content (AvgIpc) is 2.96. The lowest BCUT2D eigenvalue weighted by atomic mass is 10.0. The molecule has 0 spiro atoms. The van der Waals surface area contributed by atoms with Crippen molar-refractivity contribution >= 4 is 32.5 Å². The zero-order chi connectivity index (χ0) is 20.4. The molecule has 0 aromatic heterocycles. The lowest BCUT2D eigenvalue weighted by Gasteiger charge is -2.29. The molecule has 0 atom stereocenters. The summed E-state index contributed by atoms with van der Waals surface area (Å²) in [6.45, 7) is 12.2. The highest BCUT2D eigenvalue weighted by Gasteiger charge is 2.69. The van der Waals surface area contributed by atoms with E-state index in [2.05, 4.69) is 37.9 Å². The molecular formula is C20H26N2O4S. The minimum atomic E-state index is -4.36. The third kappa shape index (κ3) is 2.94. The Morgan fingerprint density at radius 1 is 1.00 bits per heavy atom. The second kappa shape index (κ2) is 5.77. The minimum absolute atomic E-state index is 0.106. The number of amides is 1. The molecule has 1 amide bonds. The topological polar surface area (TPSA) is 86.5 Å². The van der Waals surface area contributed by atoms with Gasteiger partial charge in [0.2, 0.25) is 5.91 Å². The zero-order valence-electron chi connectivity index (χ0n) is 16.5. The Morgan fingerprint density at radius 3 is 2.04 bits per heavy atom. The molecule has 3 rings (SSSR count). The number of nitrogens with zero attached hydrogens (tertiary/aromatic N) is 1. The van der Waals surface area contributed by atoms with Crippen molar-refractivity contribution < 1.29 is 17.8 Å². The van der Waals surface area contributed by atoms with Gasteiger partial charge in [0, 0.05) is 27.5 Å². The fourth-order valence-corrected chi connectivity index (χ4v) is 5.02. The van der Waals surface area contributed by atoms with Crippen LogP contribution in [-0.2, 0) is 14.9 Å². The van der Waals surface area contributed by atoms with Crippen LogP contribution in [0.25, 0.3) is 10.8 Å². The molecule has 0 bridgehead atoms. The Kier molecular flexibility index (Phi) is 4.23. The quantitative estimate of drug-likeness (QED) is 0.614. The first-order chi connectivity index (χ1) is 12.2. The van der Waals surface area contributed by atoms with Crippen molar-refractivity contribution in [2.75, 3.05) is 5.32 Å². The number of fused-ring (bicyclic) bond motifs is 1. The summed E-state index contributed by atoms with van der Waals surface area (Å²) < 4.78 is 32.7. The third-order valence-electron chi connectivity index (χ3n) is 6.09. The summed E-state index contributed by atoms with van der Waals surface area (Å²) in [6.07, 6.45) is 0. The van der Waals surface area contributed by atoms with Gasteiger partial charge in [-0.1, -0.05) is 24.3 Å². The first-order valence-electron chi connectivity index (χ1n) is 8.83. The van der Waals surface area contributed by atoms with Crippen LogP contribution in [0.3, 0.4) is 0 Å². The number of hydrogen-bond acceptors (Lipinski definition) is 4. The Balaban J connectivity index is 2.00. The number of anilines is 1. The molecule has 2 aromatic rings.